The van der Waals surface area contributed by atoms with Crippen molar-refractivity contribution >= 4 is 5.83 Å². The summed E-state index contributed by atoms with van der Waals surface area (Å²) < 4.78 is 18.0. The fourth-order valence-corrected chi connectivity index (χ4v) is 0.619. The van der Waals surface area contributed by atoms with Gasteiger partial charge < -0.3 is 0 Å². The van der Waals surface area contributed by atoms with E-state index in [0.717, 1.165) is 0 Å². The van der Waals surface area contributed by atoms with E-state index in [2.05, 4.69) is 6.58 Å². The van der Waals surface area contributed by atoms with Gasteiger partial charge in [0.15, 0.2) is 0 Å². The van der Waals surface area contributed by atoms with Crippen molar-refractivity contribution in [2.45, 2.75) is 7.40 Å². The molecule has 0 saturated heterocycles. The van der Waals surface area contributed by atoms with Crippen molar-refractivity contribution in [2.75, 3.05) is 0 Å². The van der Waals surface area contributed by atoms with Crippen molar-refractivity contribution in [3.05, 3.63) is 42.5 Å². The molecule has 0 aliphatic rings. The van der Waals surface area contributed by atoms with E-state index in [0.29, 0.717) is 5.56 Å². The molecule has 0 unspecified atom stereocenters. The Labute approximate surface area is 62.4 Å². The summed E-state index contributed by atoms with van der Waals surface area (Å²) in [5.74, 6) is -0.379. The van der Waals surface area contributed by atoms with E-state index in [1.165, 1.54) is 7.40 Å². The molecule has 54 valence electrons. The Morgan fingerprint density at radius 1 is 1.40 bits per heavy atom. The Balaban J connectivity index is 0.000000461. The van der Waals surface area contributed by atoms with Crippen molar-refractivity contribution in [2.24, 2.45) is 0 Å². The maximum atomic E-state index is 12.2. The van der Waals surface area contributed by atoms with Crippen LogP contribution in [-0.2, 0) is 0 Å². The second-order valence-electron chi connectivity index (χ2n) is 1.77. The summed E-state index contributed by atoms with van der Waals surface area (Å²) in [5, 5.41) is 0. The lowest BCUT2D eigenvalue weighted by Gasteiger charge is -1.90. The Bertz CT molecular complexity index is 206. The molecule has 0 nitrogen and oxygen atoms in total. The van der Waals surface area contributed by atoms with Crippen LogP contribution in [0.15, 0.2) is 36.9 Å². The molecule has 0 aliphatic heterocycles. The lowest BCUT2D eigenvalue weighted by molar-refractivity contribution is 0.763. The van der Waals surface area contributed by atoms with Crippen LogP contribution in [0.5, 0.6) is 0 Å². The number of hydrogen-bond donors (Lipinski definition) is 0. The Hall–Kier alpha value is -1.11. The second kappa shape index (κ2) is 3.83. The quantitative estimate of drug-likeness (QED) is 0.560. The molecule has 10 heavy (non-hydrogen) atoms. The largest absolute Gasteiger partial charge is 0.207 e. The average Bonchev–Trinajstić information content (AvgIpc) is 2.10. The van der Waals surface area contributed by atoms with Gasteiger partial charge in [-0.25, -0.2) is 4.39 Å². The van der Waals surface area contributed by atoms with Crippen molar-refractivity contribution < 1.29 is 5.76 Å². The summed E-state index contributed by atoms with van der Waals surface area (Å²) in [6.45, 7) is 3.16. The van der Waals surface area contributed by atoms with Gasteiger partial charge in [-0.05, 0) is 0 Å². The molecule has 0 bridgehead atoms. The molecule has 1 rings (SSSR count). The molecule has 0 aromatic heterocycles. The van der Waals surface area contributed by atoms with Crippen molar-refractivity contribution in [1.29, 1.82) is 0 Å². The Morgan fingerprint density at radius 3 is 2.20 bits per heavy atom. The van der Waals surface area contributed by atoms with Gasteiger partial charge in [-0.2, -0.15) is 0 Å². The number of rotatable bonds is 1. The topological polar surface area (TPSA) is 0 Å². The van der Waals surface area contributed by atoms with Gasteiger partial charge in [0.2, 0.25) is 0 Å². The maximum absolute atomic E-state index is 12.2. The highest BCUT2D eigenvalue weighted by Crippen LogP contribution is 2.10. The summed E-state index contributed by atoms with van der Waals surface area (Å²) in [4.78, 5) is 0. The third kappa shape index (κ3) is 2.02. The van der Waals surface area contributed by atoms with E-state index in [1.54, 1.807) is 24.3 Å². The van der Waals surface area contributed by atoms with Gasteiger partial charge in [0.25, 0.3) is 0 Å². The molecule has 0 spiro atoms. The molecule has 1 aromatic rings. The van der Waals surface area contributed by atoms with Gasteiger partial charge in [0.05, 0.1) is 0 Å². The SMILES string of the molecule is C=C(F)c1ccccc1.[2H]C. The number of hydrogen-bond acceptors (Lipinski definition) is 0. The van der Waals surface area contributed by atoms with Gasteiger partial charge in [-0.3, -0.25) is 0 Å². The Kier molecular flexibility index (Phi) is 2.68. The van der Waals surface area contributed by atoms with Crippen LogP contribution in [0.4, 0.5) is 4.39 Å². The lowest BCUT2D eigenvalue weighted by atomic mass is 10.2. The molecule has 0 saturated carbocycles. The van der Waals surface area contributed by atoms with Crippen LogP contribution in [0.1, 0.15) is 14.3 Å². The van der Waals surface area contributed by atoms with E-state index < -0.39 is 0 Å². The predicted molar refractivity (Wildman–Crippen MR) is 43.3 cm³/mol. The van der Waals surface area contributed by atoms with Crippen molar-refractivity contribution in [1.82, 2.24) is 0 Å². The summed E-state index contributed by atoms with van der Waals surface area (Å²) in [6, 6.07) is 8.76. The van der Waals surface area contributed by atoms with Crippen LogP contribution in [0.3, 0.4) is 0 Å². The molecule has 0 heterocycles. The van der Waals surface area contributed by atoms with Crippen LogP contribution >= 0.6 is 0 Å². The van der Waals surface area contributed by atoms with E-state index in [9.17, 15) is 4.39 Å². The minimum Gasteiger partial charge on any atom is -0.207 e. The lowest BCUT2D eigenvalue weighted by Crippen LogP contribution is -1.71. The second-order valence-corrected chi connectivity index (χ2v) is 1.77. The zero-order valence-corrected chi connectivity index (χ0v) is 5.97. The first-order chi connectivity index (χ1) is 5.30. The van der Waals surface area contributed by atoms with Gasteiger partial charge in [0.1, 0.15) is 5.83 Å². The van der Waals surface area contributed by atoms with Crippen LogP contribution in [0.2, 0.25) is 0 Å². The summed E-state index contributed by atoms with van der Waals surface area (Å²) in [5.41, 5.74) is 0.553. The van der Waals surface area contributed by atoms with E-state index in [4.69, 9.17) is 1.37 Å². The molecular weight excluding hydrogens is 127 g/mol. The third-order valence-electron chi connectivity index (χ3n) is 1.09. The van der Waals surface area contributed by atoms with Gasteiger partial charge >= 0.3 is 0 Å². The highest BCUT2D eigenvalue weighted by atomic mass is 19.1. The monoisotopic (exact) mass is 139 g/mol. The van der Waals surface area contributed by atoms with E-state index in [-0.39, 0.29) is 5.83 Å². The molecular formula is C9H11F. The fourth-order valence-electron chi connectivity index (χ4n) is 0.619. The van der Waals surface area contributed by atoms with Crippen LogP contribution < -0.4 is 0 Å². The smallest absolute Gasteiger partial charge is 0.123 e. The van der Waals surface area contributed by atoms with Crippen LogP contribution in [0.25, 0.3) is 5.83 Å². The molecule has 1 aromatic carbocycles. The summed E-state index contributed by atoms with van der Waals surface area (Å²) in [6.07, 6.45) is 0. The zero-order valence-electron chi connectivity index (χ0n) is 6.97. The average molecular weight is 139 g/mol. The zero-order chi connectivity index (χ0) is 8.69. The minimum absolute atomic E-state index is 0.379. The first-order valence-electron chi connectivity index (χ1n) is 3.70. The molecule has 0 radical (unpaired) electrons. The molecule has 0 fully saturated rings. The van der Waals surface area contributed by atoms with Gasteiger partial charge in [-0.1, -0.05) is 44.3 Å². The van der Waals surface area contributed by atoms with Gasteiger partial charge in [0, 0.05) is 6.93 Å². The summed E-state index contributed by atoms with van der Waals surface area (Å²) >= 11 is 0. The first kappa shape index (κ1) is 7.00. The molecule has 0 amide bonds. The maximum Gasteiger partial charge on any atom is 0.123 e. The van der Waals surface area contributed by atoms with E-state index >= 15 is 0 Å². The predicted octanol–water partition coefficient (Wildman–Crippen LogP) is 3.26. The van der Waals surface area contributed by atoms with E-state index in [1.807, 2.05) is 6.07 Å². The molecule has 0 N–H and O–H groups in total. The summed E-state index contributed by atoms with van der Waals surface area (Å²) in [7, 11) is 1.25. The molecule has 1 heteroatoms. The Morgan fingerprint density at radius 2 is 1.90 bits per heavy atom. The fraction of sp³-hybridized carbons (Fsp3) is 0.111. The number of benzene rings is 1. The molecule has 0 atom stereocenters. The highest BCUT2D eigenvalue weighted by molar-refractivity contribution is 5.55. The third-order valence-corrected chi connectivity index (χ3v) is 1.09. The first-order valence-corrected chi connectivity index (χ1v) is 2.70. The van der Waals surface area contributed by atoms with Gasteiger partial charge in [-0.15, -0.1) is 0 Å². The van der Waals surface area contributed by atoms with Crippen molar-refractivity contribution in [3.8, 4) is 0 Å². The number of halogens is 1. The highest BCUT2D eigenvalue weighted by Gasteiger charge is 1.90. The van der Waals surface area contributed by atoms with Crippen LogP contribution in [-0.4, -0.2) is 0 Å². The van der Waals surface area contributed by atoms with Crippen molar-refractivity contribution in [3.63, 3.8) is 0 Å². The molecule has 0 aliphatic carbocycles. The van der Waals surface area contributed by atoms with Crippen LogP contribution in [0, 0.1) is 0 Å². The normalized spacial score (nSPS) is 8.80. The minimum atomic E-state index is -0.379. The standard InChI is InChI=1S/C8H7F.CH4/c1-7(9)8-5-3-2-4-6-8;/h2-6H,1H2;1H4/i;1D.